The van der Waals surface area contributed by atoms with Gasteiger partial charge >= 0.3 is 0 Å². The summed E-state index contributed by atoms with van der Waals surface area (Å²) in [5.74, 6) is -0.727. The molecule has 0 aliphatic rings. The number of nitrogens with one attached hydrogen (secondary N) is 2. The number of aliphatic hydroxyl groups excluding tert-OH is 1. The molecule has 0 spiro atoms. The molecule has 2 heterocycles. The van der Waals surface area contributed by atoms with Crippen LogP contribution in [0.3, 0.4) is 0 Å². The number of benzene rings is 1. The zero-order valence-corrected chi connectivity index (χ0v) is 16.0. The molecule has 0 saturated carbocycles. The molecule has 0 aliphatic carbocycles. The first kappa shape index (κ1) is 19.5. The molecule has 9 heteroatoms. The van der Waals surface area contributed by atoms with Crippen LogP contribution in [0.15, 0.2) is 49.1 Å². The quantitative estimate of drug-likeness (QED) is 0.419. The Labute approximate surface area is 165 Å². The van der Waals surface area contributed by atoms with E-state index in [2.05, 4.69) is 27.3 Å². The lowest BCUT2D eigenvalue weighted by Gasteiger charge is -2.02. The number of nitrogens with zero attached hydrogens (tertiary/aromatic N) is 3. The van der Waals surface area contributed by atoms with Crippen molar-refractivity contribution in [2.24, 2.45) is 0 Å². The molecule has 0 atom stereocenters. The first-order valence-corrected chi connectivity index (χ1v) is 9.27. The SMILES string of the molecule is C=CCn1nc(C(=O)NCO)cc1-c1sc(NC(=O)c2ccccc2)nc1C. The number of carbonyl (C=O) groups excluding carboxylic acids is 2. The van der Waals surface area contributed by atoms with Gasteiger partial charge in [0, 0.05) is 5.56 Å². The Morgan fingerprint density at radius 1 is 1.29 bits per heavy atom. The summed E-state index contributed by atoms with van der Waals surface area (Å²) in [5.41, 5.74) is 2.09. The van der Waals surface area contributed by atoms with Gasteiger partial charge in [0.1, 0.15) is 6.73 Å². The Morgan fingerprint density at radius 3 is 2.71 bits per heavy atom. The number of thiazole rings is 1. The van der Waals surface area contributed by atoms with Crippen molar-refractivity contribution in [3.8, 4) is 10.6 Å². The molecule has 0 unspecified atom stereocenters. The fourth-order valence-corrected chi connectivity index (χ4v) is 3.56. The molecule has 8 nitrogen and oxygen atoms in total. The van der Waals surface area contributed by atoms with E-state index in [1.165, 1.54) is 11.3 Å². The first-order chi connectivity index (χ1) is 13.5. The monoisotopic (exact) mass is 397 g/mol. The average molecular weight is 397 g/mol. The van der Waals surface area contributed by atoms with E-state index in [-0.39, 0.29) is 11.6 Å². The molecule has 28 heavy (non-hydrogen) atoms. The number of aromatic nitrogens is 3. The largest absolute Gasteiger partial charge is 0.376 e. The minimum atomic E-state index is -0.480. The third-order valence-corrected chi connectivity index (χ3v) is 4.94. The molecule has 0 saturated heterocycles. The molecule has 0 fully saturated rings. The lowest BCUT2D eigenvalue weighted by molar-refractivity contribution is 0.0903. The second kappa shape index (κ2) is 8.59. The Kier molecular flexibility index (Phi) is 5.97. The van der Waals surface area contributed by atoms with Gasteiger partial charge in [-0.3, -0.25) is 19.6 Å². The van der Waals surface area contributed by atoms with Gasteiger partial charge in [0.05, 0.1) is 22.8 Å². The number of hydrogen-bond donors (Lipinski definition) is 3. The average Bonchev–Trinajstić information content (AvgIpc) is 3.26. The van der Waals surface area contributed by atoms with Crippen molar-refractivity contribution in [3.05, 3.63) is 66.0 Å². The van der Waals surface area contributed by atoms with Crippen LogP contribution in [0.2, 0.25) is 0 Å². The summed E-state index contributed by atoms with van der Waals surface area (Å²) >= 11 is 1.29. The number of anilines is 1. The van der Waals surface area contributed by atoms with E-state index in [0.717, 1.165) is 4.88 Å². The van der Waals surface area contributed by atoms with E-state index in [1.54, 1.807) is 41.1 Å². The van der Waals surface area contributed by atoms with Crippen LogP contribution in [-0.2, 0) is 6.54 Å². The van der Waals surface area contributed by atoms with Crippen molar-refractivity contribution < 1.29 is 14.7 Å². The number of aliphatic hydroxyl groups is 1. The third kappa shape index (κ3) is 4.16. The molecule has 1 aromatic carbocycles. The Morgan fingerprint density at radius 2 is 2.04 bits per heavy atom. The predicted octanol–water partition coefficient (Wildman–Crippen LogP) is 2.43. The fourth-order valence-electron chi connectivity index (χ4n) is 2.58. The third-order valence-electron chi connectivity index (χ3n) is 3.84. The minimum Gasteiger partial charge on any atom is -0.376 e. The highest BCUT2D eigenvalue weighted by Gasteiger charge is 2.20. The number of amides is 2. The molecule has 0 bridgehead atoms. The van der Waals surface area contributed by atoms with Crippen molar-refractivity contribution in [1.82, 2.24) is 20.1 Å². The van der Waals surface area contributed by atoms with Gasteiger partial charge in [0.15, 0.2) is 10.8 Å². The number of allylic oxidation sites excluding steroid dienone is 1. The second-order valence-electron chi connectivity index (χ2n) is 5.80. The zero-order chi connectivity index (χ0) is 20.1. The highest BCUT2D eigenvalue weighted by Crippen LogP contribution is 2.33. The van der Waals surface area contributed by atoms with Gasteiger partial charge < -0.3 is 10.4 Å². The van der Waals surface area contributed by atoms with Crippen molar-refractivity contribution >= 4 is 28.3 Å². The maximum atomic E-state index is 12.4. The van der Waals surface area contributed by atoms with Crippen LogP contribution >= 0.6 is 11.3 Å². The molecule has 144 valence electrons. The molecule has 2 amide bonds. The summed E-state index contributed by atoms with van der Waals surface area (Å²) in [5, 5.41) is 18.7. The topological polar surface area (TPSA) is 109 Å². The molecular weight excluding hydrogens is 378 g/mol. The number of hydrogen-bond acceptors (Lipinski definition) is 6. The normalized spacial score (nSPS) is 10.5. The molecule has 0 aliphatic heterocycles. The summed E-state index contributed by atoms with van der Waals surface area (Å²) in [7, 11) is 0. The van der Waals surface area contributed by atoms with Crippen LogP contribution in [0.4, 0.5) is 5.13 Å². The molecular formula is C19H19N5O3S. The van der Waals surface area contributed by atoms with Gasteiger partial charge in [-0.15, -0.1) is 6.58 Å². The van der Waals surface area contributed by atoms with E-state index in [0.29, 0.717) is 28.6 Å². The van der Waals surface area contributed by atoms with Gasteiger partial charge in [-0.05, 0) is 25.1 Å². The van der Waals surface area contributed by atoms with Gasteiger partial charge in [-0.1, -0.05) is 35.6 Å². The molecule has 0 radical (unpaired) electrons. The lowest BCUT2D eigenvalue weighted by Crippen LogP contribution is -2.24. The summed E-state index contributed by atoms with van der Waals surface area (Å²) in [6.45, 7) is 5.45. The van der Waals surface area contributed by atoms with Crippen LogP contribution in [0, 0.1) is 6.92 Å². The Bertz CT molecular complexity index is 1010. The minimum absolute atomic E-state index is 0.175. The van der Waals surface area contributed by atoms with Gasteiger partial charge in [-0.25, -0.2) is 4.98 Å². The Balaban J connectivity index is 1.91. The summed E-state index contributed by atoms with van der Waals surface area (Å²) in [4.78, 5) is 29.6. The maximum Gasteiger partial charge on any atom is 0.273 e. The zero-order valence-electron chi connectivity index (χ0n) is 15.2. The van der Waals surface area contributed by atoms with E-state index < -0.39 is 12.6 Å². The fraction of sp³-hybridized carbons (Fsp3) is 0.158. The van der Waals surface area contributed by atoms with Crippen LogP contribution in [-0.4, -0.2) is 38.4 Å². The standard InChI is InChI=1S/C19H19N5O3S/c1-3-9-24-15(10-14(23-24)18(27)20-11-25)16-12(2)21-19(28-16)22-17(26)13-7-5-4-6-8-13/h3-8,10,25H,1,9,11H2,2H3,(H,20,27)(H,21,22,26). The van der Waals surface area contributed by atoms with Crippen molar-refractivity contribution in [1.29, 1.82) is 0 Å². The lowest BCUT2D eigenvalue weighted by atomic mass is 10.2. The number of rotatable bonds is 7. The first-order valence-electron chi connectivity index (χ1n) is 8.45. The highest BCUT2D eigenvalue weighted by molar-refractivity contribution is 7.19. The summed E-state index contributed by atoms with van der Waals surface area (Å²) in [6, 6.07) is 10.5. The van der Waals surface area contributed by atoms with E-state index in [4.69, 9.17) is 5.11 Å². The molecule has 3 rings (SSSR count). The van der Waals surface area contributed by atoms with Gasteiger partial charge in [0.2, 0.25) is 0 Å². The molecule has 2 aromatic heterocycles. The Hall–Kier alpha value is -3.30. The summed E-state index contributed by atoms with van der Waals surface area (Å²) in [6.07, 6.45) is 1.67. The maximum absolute atomic E-state index is 12.4. The van der Waals surface area contributed by atoms with E-state index in [1.807, 2.05) is 13.0 Å². The predicted molar refractivity (Wildman–Crippen MR) is 107 cm³/mol. The molecule has 3 N–H and O–H groups in total. The van der Waals surface area contributed by atoms with Crippen LogP contribution < -0.4 is 10.6 Å². The number of aryl methyl sites for hydroxylation is 1. The van der Waals surface area contributed by atoms with Crippen molar-refractivity contribution in [3.63, 3.8) is 0 Å². The number of carbonyl (C=O) groups is 2. The van der Waals surface area contributed by atoms with E-state index in [9.17, 15) is 9.59 Å². The van der Waals surface area contributed by atoms with Gasteiger partial charge in [-0.2, -0.15) is 5.10 Å². The van der Waals surface area contributed by atoms with Gasteiger partial charge in [0.25, 0.3) is 11.8 Å². The van der Waals surface area contributed by atoms with Crippen molar-refractivity contribution in [2.75, 3.05) is 12.0 Å². The van der Waals surface area contributed by atoms with Crippen LogP contribution in [0.5, 0.6) is 0 Å². The second-order valence-corrected chi connectivity index (χ2v) is 6.80. The van der Waals surface area contributed by atoms with Crippen LogP contribution in [0.25, 0.3) is 10.6 Å². The van der Waals surface area contributed by atoms with Crippen LogP contribution in [0.1, 0.15) is 26.5 Å². The summed E-state index contributed by atoms with van der Waals surface area (Å²) < 4.78 is 1.63. The molecule has 3 aromatic rings. The smallest absolute Gasteiger partial charge is 0.273 e. The van der Waals surface area contributed by atoms with E-state index >= 15 is 0 Å². The highest BCUT2D eigenvalue weighted by atomic mass is 32.1. The van der Waals surface area contributed by atoms with Crippen molar-refractivity contribution in [2.45, 2.75) is 13.5 Å².